The summed E-state index contributed by atoms with van der Waals surface area (Å²) in [6.07, 6.45) is 0.787. The van der Waals surface area contributed by atoms with Gasteiger partial charge in [0.15, 0.2) is 0 Å². The van der Waals surface area contributed by atoms with E-state index in [2.05, 4.69) is 34.7 Å². The van der Waals surface area contributed by atoms with Crippen LogP contribution in [0.4, 0.5) is 17.3 Å². The van der Waals surface area contributed by atoms with Crippen LogP contribution in [0.3, 0.4) is 0 Å². The molecule has 0 atom stereocenters. The van der Waals surface area contributed by atoms with Crippen molar-refractivity contribution in [3.63, 3.8) is 0 Å². The van der Waals surface area contributed by atoms with E-state index in [0.29, 0.717) is 18.2 Å². The second-order valence-electron chi connectivity index (χ2n) is 4.67. The summed E-state index contributed by atoms with van der Waals surface area (Å²) < 4.78 is 0. The van der Waals surface area contributed by atoms with Gasteiger partial charge in [0.2, 0.25) is 5.82 Å². The minimum absolute atomic E-state index is 0.0150. The van der Waals surface area contributed by atoms with Crippen molar-refractivity contribution >= 4 is 17.3 Å². The lowest BCUT2D eigenvalue weighted by molar-refractivity contribution is -0.384. The number of aryl methyl sites for hydroxylation is 1. The van der Waals surface area contributed by atoms with Gasteiger partial charge in [0, 0.05) is 19.7 Å². The lowest BCUT2D eigenvalue weighted by Crippen LogP contribution is -2.10. The molecular weight excluding hydrogens is 268 g/mol. The normalized spacial score (nSPS) is 10.2. The molecule has 0 unspecified atom stereocenters. The van der Waals surface area contributed by atoms with Crippen LogP contribution in [-0.4, -0.2) is 23.5 Å². The minimum Gasteiger partial charge on any atom is -0.373 e. The zero-order valence-corrected chi connectivity index (χ0v) is 12.1. The fourth-order valence-corrected chi connectivity index (χ4v) is 2.07. The first-order chi connectivity index (χ1) is 10.1. The molecule has 0 saturated carbocycles. The number of anilines is 2. The SMILES string of the molecule is CNc1ccc([N+](=O)[O-])c(NCCc2ccccc2C)n1. The van der Waals surface area contributed by atoms with Gasteiger partial charge < -0.3 is 10.6 Å². The van der Waals surface area contributed by atoms with E-state index in [4.69, 9.17) is 0 Å². The molecule has 0 saturated heterocycles. The van der Waals surface area contributed by atoms with Gasteiger partial charge in [-0.15, -0.1) is 0 Å². The predicted molar refractivity (Wildman–Crippen MR) is 83.8 cm³/mol. The Morgan fingerprint density at radius 2 is 2.00 bits per heavy atom. The molecule has 0 amide bonds. The summed E-state index contributed by atoms with van der Waals surface area (Å²) in [6.45, 7) is 2.64. The fraction of sp³-hybridized carbons (Fsp3) is 0.267. The molecule has 2 N–H and O–H groups in total. The Balaban J connectivity index is 2.08. The number of hydrogen-bond acceptors (Lipinski definition) is 5. The molecule has 0 fully saturated rings. The largest absolute Gasteiger partial charge is 0.373 e. The molecule has 6 nitrogen and oxygen atoms in total. The van der Waals surface area contributed by atoms with E-state index < -0.39 is 4.92 Å². The topological polar surface area (TPSA) is 80.1 Å². The molecule has 0 aliphatic rings. The van der Waals surface area contributed by atoms with Gasteiger partial charge in [0.25, 0.3) is 0 Å². The molecule has 0 aliphatic heterocycles. The van der Waals surface area contributed by atoms with E-state index in [1.807, 2.05) is 12.1 Å². The highest BCUT2D eigenvalue weighted by Crippen LogP contribution is 2.23. The van der Waals surface area contributed by atoms with Crippen LogP contribution in [0.15, 0.2) is 36.4 Å². The van der Waals surface area contributed by atoms with Gasteiger partial charge in [-0.1, -0.05) is 24.3 Å². The van der Waals surface area contributed by atoms with E-state index in [1.54, 1.807) is 13.1 Å². The van der Waals surface area contributed by atoms with Gasteiger partial charge in [-0.2, -0.15) is 0 Å². The van der Waals surface area contributed by atoms with Crippen LogP contribution in [0, 0.1) is 17.0 Å². The Hall–Kier alpha value is -2.63. The number of nitrogens with zero attached hydrogens (tertiary/aromatic N) is 2. The number of benzene rings is 1. The van der Waals surface area contributed by atoms with Gasteiger partial charge in [-0.05, 0) is 30.5 Å². The lowest BCUT2D eigenvalue weighted by atomic mass is 10.1. The molecule has 6 heteroatoms. The maximum Gasteiger partial charge on any atom is 0.311 e. The van der Waals surface area contributed by atoms with Gasteiger partial charge in [0.1, 0.15) is 5.82 Å². The zero-order chi connectivity index (χ0) is 15.2. The monoisotopic (exact) mass is 286 g/mol. The van der Waals surface area contributed by atoms with Crippen molar-refractivity contribution in [2.24, 2.45) is 0 Å². The van der Waals surface area contributed by atoms with Crippen molar-refractivity contribution < 1.29 is 4.92 Å². The van der Waals surface area contributed by atoms with Crippen LogP contribution < -0.4 is 10.6 Å². The Kier molecular flexibility index (Phi) is 4.71. The Morgan fingerprint density at radius 3 is 2.67 bits per heavy atom. The minimum atomic E-state index is -0.428. The van der Waals surface area contributed by atoms with Crippen LogP contribution in [0.25, 0.3) is 0 Å². The van der Waals surface area contributed by atoms with Crippen LogP contribution in [0.2, 0.25) is 0 Å². The Labute approximate surface area is 123 Å². The van der Waals surface area contributed by atoms with Crippen molar-refractivity contribution in [2.75, 3.05) is 24.2 Å². The van der Waals surface area contributed by atoms with Gasteiger partial charge in [-0.25, -0.2) is 4.98 Å². The Bertz CT molecular complexity index is 643. The average molecular weight is 286 g/mol. The summed E-state index contributed by atoms with van der Waals surface area (Å²) in [5, 5.41) is 16.9. The maximum absolute atomic E-state index is 11.0. The molecular formula is C15H18N4O2. The highest BCUT2D eigenvalue weighted by molar-refractivity contribution is 5.60. The number of hydrogen-bond donors (Lipinski definition) is 2. The molecule has 1 aromatic heterocycles. The van der Waals surface area contributed by atoms with E-state index in [-0.39, 0.29) is 5.69 Å². The van der Waals surface area contributed by atoms with Crippen molar-refractivity contribution in [2.45, 2.75) is 13.3 Å². The summed E-state index contributed by atoms with van der Waals surface area (Å²) in [7, 11) is 1.73. The van der Waals surface area contributed by atoms with Gasteiger partial charge in [-0.3, -0.25) is 10.1 Å². The highest BCUT2D eigenvalue weighted by atomic mass is 16.6. The first-order valence-corrected chi connectivity index (χ1v) is 6.73. The molecule has 1 heterocycles. The second kappa shape index (κ2) is 6.69. The van der Waals surface area contributed by atoms with Crippen LogP contribution >= 0.6 is 0 Å². The molecule has 0 bridgehead atoms. The quantitative estimate of drug-likeness (QED) is 0.630. The third-order valence-electron chi connectivity index (χ3n) is 3.27. The summed E-state index contributed by atoms with van der Waals surface area (Å²) in [4.78, 5) is 14.8. The molecule has 2 aromatic rings. The fourth-order valence-electron chi connectivity index (χ4n) is 2.07. The number of nitrogens with one attached hydrogen (secondary N) is 2. The van der Waals surface area contributed by atoms with Gasteiger partial charge >= 0.3 is 5.69 Å². The first-order valence-electron chi connectivity index (χ1n) is 6.73. The van der Waals surface area contributed by atoms with Crippen molar-refractivity contribution in [1.82, 2.24) is 4.98 Å². The van der Waals surface area contributed by atoms with Crippen molar-refractivity contribution in [3.05, 3.63) is 57.6 Å². The van der Waals surface area contributed by atoms with E-state index in [1.165, 1.54) is 17.2 Å². The van der Waals surface area contributed by atoms with Crippen LogP contribution in [0.5, 0.6) is 0 Å². The Morgan fingerprint density at radius 1 is 1.24 bits per heavy atom. The number of aromatic nitrogens is 1. The number of nitro groups is 1. The summed E-state index contributed by atoms with van der Waals surface area (Å²) in [5.74, 6) is 0.888. The molecule has 1 aromatic carbocycles. The van der Waals surface area contributed by atoms with Crippen molar-refractivity contribution in [3.8, 4) is 0 Å². The highest BCUT2D eigenvalue weighted by Gasteiger charge is 2.15. The summed E-state index contributed by atoms with van der Waals surface area (Å²) in [6, 6.07) is 11.1. The maximum atomic E-state index is 11.0. The zero-order valence-electron chi connectivity index (χ0n) is 12.1. The van der Waals surface area contributed by atoms with E-state index in [0.717, 1.165) is 6.42 Å². The number of rotatable bonds is 6. The van der Waals surface area contributed by atoms with Gasteiger partial charge in [0.05, 0.1) is 4.92 Å². The summed E-state index contributed by atoms with van der Waals surface area (Å²) >= 11 is 0. The molecule has 2 rings (SSSR count). The van der Waals surface area contributed by atoms with E-state index >= 15 is 0 Å². The van der Waals surface area contributed by atoms with E-state index in [9.17, 15) is 10.1 Å². The molecule has 0 spiro atoms. The lowest BCUT2D eigenvalue weighted by Gasteiger charge is -2.09. The summed E-state index contributed by atoms with van der Waals surface area (Å²) in [5.41, 5.74) is 2.42. The molecule has 0 radical (unpaired) electrons. The van der Waals surface area contributed by atoms with Crippen LogP contribution in [-0.2, 0) is 6.42 Å². The van der Waals surface area contributed by atoms with Crippen molar-refractivity contribution in [1.29, 1.82) is 0 Å². The molecule has 21 heavy (non-hydrogen) atoms. The second-order valence-corrected chi connectivity index (χ2v) is 4.67. The molecule has 110 valence electrons. The number of pyridine rings is 1. The third-order valence-corrected chi connectivity index (χ3v) is 3.27. The third kappa shape index (κ3) is 3.68. The average Bonchev–Trinajstić information content (AvgIpc) is 2.48. The first kappa shape index (κ1) is 14.8. The predicted octanol–water partition coefficient (Wildman–Crippen LogP) is 2.99. The van der Waals surface area contributed by atoms with Crippen LogP contribution in [0.1, 0.15) is 11.1 Å². The standard InChI is InChI=1S/C15H18N4O2/c1-11-5-3-4-6-12(11)9-10-17-15-13(19(20)21)7-8-14(16-2)18-15/h3-8H,9-10H2,1-2H3,(H2,16,17,18). The molecule has 0 aliphatic carbocycles. The smallest absolute Gasteiger partial charge is 0.311 e.